The zero-order chi connectivity index (χ0) is 18.8. The summed E-state index contributed by atoms with van der Waals surface area (Å²) < 4.78 is 0. The van der Waals surface area contributed by atoms with Crippen molar-refractivity contribution in [2.45, 2.75) is 38.7 Å². The van der Waals surface area contributed by atoms with Gasteiger partial charge in [0.05, 0.1) is 0 Å². The normalized spacial score (nSPS) is 12.5. The first kappa shape index (κ1) is 20.9. The summed E-state index contributed by atoms with van der Waals surface area (Å²) in [6.45, 7) is 6.02. The number of hydrogen-bond donors (Lipinski definition) is 0. The van der Waals surface area contributed by atoms with Gasteiger partial charge in [-0.05, 0) is 42.0 Å². The van der Waals surface area contributed by atoms with Gasteiger partial charge in [0.15, 0.2) is 8.07 Å². The van der Waals surface area contributed by atoms with Crippen LogP contribution in [0.15, 0.2) is 73.3 Å². The van der Waals surface area contributed by atoms with E-state index in [4.69, 9.17) is 0 Å². The maximum Gasteiger partial charge on any atom is 0.190 e. The maximum atomic E-state index is 13.4. The van der Waals surface area contributed by atoms with Gasteiger partial charge in [0.1, 0.15) is 5.41 Å². The van der Waals surface area contributed by atoms with E-state index < -0.39 is 8.07 Å². The molecule has 1 unspecified atom stereocenters. The second-order valence-corrected chi connectivity index (χ2v) is 11.7. The standard InChI is InChI=1S/C23H29BrOSi/c1-3-4-12-20(19-24)13-11-18-23(25)26(2,21-14-7-5-8-15-21)22-16-9-6-10-17-22/h3,5-10,14-17,20H,1,4,11-13,18-19H2,2H3. The van der Waals surface area contributed by atoms with Crippen LogP contribution in [0.1, 0.15) is 32.1 Å². The van der Waals surface area contributed by atoms with Crippen LogP contribution in [0.3, 0.4) is 0 Å². The fourth-order valence-electron chi connectivity index (χ4n) is 3.49. The van der Waals surface area contributed by atoms with Crippen LogP contribution in [-0.4, -0.2) is 18.8 Å². The molecule has 2 rings (SSSR count). The Hall–Kier alpha value is -1.45. The van der Waals surface area contributed by atoms with Gasteiger partial charge in [-0.3, -0.25) is 0 Å². The first-order chi connectivity index (χ1) is 12.6. The van der Waals surface area contributed by atoms with Crippen molar-refractivity contribution in [1.82, 2.24) is 0 Å². The van der Waals surface area contributed by atoms with E-state index in [1.807, 2.05) is 42.5 Å². The Labute approximate surface area is 167 Å². The molecule has 0 saturated heterocycles. The van der Waals surface area contributed by atoms with Gasteiger partial charge >= 0.3 is 0 Å². The van der Waals surface area contributed by atoms with Crippen LogP contribution < -0.4 is 10.4 Å². The van der Waals surface area contributed by atoms with Crippen LogP contribution in [0.25, 0.3) is 0 Å². The molecule has 26 heavy (non-hydrogen) atoms. The lowest BCUT2D eigenvalue weighted by Gasteiger charge is -2.27. The third-order valence-corrected chi connectivity index (χ3v) is 10.5. The zero-order valence-electron chi connectivity index (χ0n) is 15.7. The molecule has 0 N–H and O–H groups in total. The summed E-state index contributed by atoms with van der Waals surface area (Å²) >= 11 is 3.62. The fourth-order valence-corrected chi connectivity index (χ4v) is 7.50. The number of benzene rings is 2. The van der Waals surface area contributed by atoms with E-state index in [9.17, 15) is 4.79 Å². The number of alkyl halides is 1. The minimum atomic E-state index is -2.38. The van der Waals surface area contributed by atoms with Gasteiger partial charge in [-0.1, -0.05) is 89.2 Å². The van der Waals surface area contributed by atoms with Gasteiger partial charge in [-0.15, -0.1) is 6.58 Å². The Morgan fingerprint density at radius 3 is 2.04 bits per heavy atom. The quantitative estimate of drug-likeness (QED) is 0.275. The Kier molecular flexibility index (Phi) is 8.53. The molecule has 0 spiro atoms. The third-order valence-electron chi connectivity index (χ3n) is 5.27. The number of carbonyl (C=O) groups is 1. The molecule has 0 bridgehead atoms. The number of allylic oxidation sites excluding steroid dienone is 1. The first-order valence-electron chi connectivity index (χ1n) is 9.44. The monoisotopic (exact) mass is 428 g/mol. The van der Waals surface area contributed by atoms with E-state index in [-0.39, 0.29) is 0 Å². The molecule has 0 aliphatic carbocycles. The molecule has 3 heteroatoms. The zero-order valence-corrected chi connectivity index (χ0v) is 18.3. The average Bonchev–Trinajstić information content (AvgIpc) is 2.71. The molecule has 1 atom stereocenters. The van der Waals surface area contributed by atoms with Gasteiger partial charge < -0.3 is 4.79 Å². The molecular formula is C23H29BrOSi. The van der Waals surface area contributed by atoms with Crippen LogP contribution in [0.2, 0.25) is 6.55 Å². The van der Waals surface area contributed by atoms with Crippen molar-refractivity contribution in [3.8, 4) is 0 Å². The van der Waals surface area contributed by atoms with Gasteiger partial charge in [0, 0.05) is 11.8 Å². The van der Waals surface area contributed by atoms with E-state index in [1.54, 1.807) is 0 Å². The van der Waals surface area contributed by atoms with Gasteiger partial charge in [-0.2, -0.15) is 0 Å². The van der Waals surface area contributed by atoms with Crippen LogP contribution >= 0.6 is 15.9 Å². The highest BCUT2D eigenvalue weighted by Gasteiger charge is 2.39. The first-order valence-corrected chi connectivity index (χ1v) is 13.1. The average molecular weight is 429 g/mol. The lowest BCUT2D eigenvalue weighted by atomic mass is 9.99. The highest BCUT2D eigenvalue weighted by Crippen LogP contribution is 2.19. The van der Waals surface area contributed by atoms with Gasteiger partial charge in [-0.25, -0.2) is 0 Å². The van der Waals surface area contributed by atoms with Crippen molar-refractivity contribution in [3.63, 3.8) is 0 Å². The molecule has 2 aromatic rings. The van der Waals surface area contributed by atoms with Crippen molar-refractivity contribution < 1.29 is 4.79 Å². The number of hydrogen-bond acceptors (Lipinski definition) is 1. The second-order valence-electron chi connectivity index (χ2n) is 7.06. The lowest BCUT2D eigenvalue weighted by Crippen LogP contribution is -2.62. The number of carbonyl (C=O) groups excluding carboxylic acids is 1. The third kappa shape index (κ3) is 5.27. The molecule has 0 amide bonds. The molecule has 2 aromatic carbocycles. The molecule has 0 aliphatic rings. The summed E-state index contributed by atoms with van der Waals surface area (Å²) in [6, 6.07) is 20.7. The summed E-state index contributed by atoms with van der Waals surface area (Å²) in [6.07, 6.45) is 6.91. The molecule has 0 heterocycles. The van der Waals surface area contributed by atoms with Crippen molar-refractivity contribution in [3.05, 3.63) is 73.3 Å². The largest absolute Gasteiger partial charge is 0.305 e. The Morgan fingerprint density at radius 1 is 1.04 bits per heavy atom. The molecule has 0 aliphatic heterocycles. The van der Waals surface area contributed by atoms with Crippen LogP contribution in [0.5, 0.6) is 0 Å². The highest BCUT2D eigenvalue weighted by atomic mass is 79.9. The molecule has 138 valence electrons. The predicted octanol–water partition coefficient (Wildman–Crippen LogP) is 5.14. The van der Waals surface area contributed by atoms with E-state index >= 15 is 0 Å². The molecule has 1 nitrogen and oxygen atoms in total. The fraction of sp³-hybridized carbons (Fsp3) is 0.348. The molecule has 0 radical (unpaired) electrons. The topological polar surface area (TPSA) is 17.1 Å². The SMILES string of the molecule is C=CCCC(CBr)CCCC(=O)[Si](C)(c1ccccc1)c1ccccc1. The van der Waals surface area contributed by atoms with Gasteiger partial charge in [0.2, 0.25) is 0 Å². The Balaban J connectivity index is 2.14. The predicted molar refractivity (Wildman–Crippen MR) is 119 cm³/mol. The smallest absolute Gasteiger partial charge is 0.190 e. The van der Waals surface area contributed by atoms with E-state index in [1.165, 1.54) is 10.4 Å². The van der Waals surface area contributed by atoms with Crippen molar-refractivity contribution in [2.75, 3.05) is 5.33 Å². The van der Waals surface area contributed by atoms with Crippen LogP contribution in [-0.2, 0) is 4.79 Å². The van der Waals surface area contributed by atoms with Crippen molar-refractivity contribution in [2.24, 2.45) is 5.92 Å². The molecule has 0 saturated carbocycles. The number of halogens is 1. The van der Waals surface area contributed by atoms with Crippen LogP contribution in [0, 0.1) is 5.92 Å². The summed E-state index contributed by atoms with van der Waals surface area (Å²) in [4.78, 5) is 13.4. The van der Waals surface area contributed by atoms with E-state index in [2.05, 4.69) is 53.3 Å². The van der Waals surface area contributed by atoms with E-state index in [0.29, 0.717) is 17.7 Å². The maximum absolute atomic E-state index is 13.4. The van der Waals surface area contributed by atoms with Crippen LogP contribution in [0.4, 0.5) is 0 Å². The molecular weight excluding hydrogens is 400 g/mol. The van der Waals surface area contributed by atoms with Crippen molar-refractivity contribution >= 4 is 39.8 Å². The molecule has 0 fully saturated rings. The molecule has 0 aromatic heterocycles. The second kappa shape index (κ2) is 10.6. The Bertz CT molecular complexity index is 644. The van der Waals surface area contributed by atoms with Crippen molar-refractivity contribution in [1.29, 1.82) is 0 Å². The summed E-state index contributed by atoms with van der Waals surface area (Å²) in [5, 5.41) is 3.85. The summed E-state index contributed by atoms with van der Waals surface area (Å²) in [7, 11) is -2.38. The van der Waals surface area contributed by atoms with E-state index in [0.717, 1.165) is 31.0 Å². The van der Waals surface area contributed by atoms with Gasteiger partial charge in [0.25, 0.3) is 0 Å². The minimum Gasteiger partial charge on any atom is -0.305 e. The Morgan fingerprint density at radius 2 is 1.58 bits per heavy atom. The number of rotatable bonds is 11. The summed E-state index contributed by atoms with van der Waals surface area (Å²) in [5.74, 6) is 0.627. The lowest BCUT2D eigenvalue weighted by molar-refractivity contribution is -0.112. The summed E-state index contributed by atoms with van der Waals surface area (Å²) in [5.41, 5.74) is 0. The highest BCUT2D eigenvalue weighted by molar-refractivity contribution is 9.09. The minimum absolute atomic E-state index is 0.437.